The van der Waals surface area contributed by atoms with Crippen LogP contribution in [0.25, 0.3) is 0 Å². The number of halogens is 1. The summed E-state index contributed by atoms with van der Waals surface area (Å²) in [5, 5.41) is 0.677. The Hall–Kier alpha value is -1.10. The monoisotopic (exact) mass is 310 g/mol. The summed E-state index contributed by atoms with van der Waals surface area (Å²) in [5.41, 5.74) is 6.44. The van der Waals surface area contributed by atoms with Crippen molar-refractivity contribution in [2.75, 3.05) is 13.2 Å². The molecule has 116 valence electrons. The van der Waals surface area contributed by atoms with E-state index in [-0.39, 0.29) is 18.0 Å². The van der Waals surface area contributed by atoms with Gasteiger partial charge in [-0.1, -0.05) is 23.7 Å². The molecule has 0 spiro atoms. The quantitative estimate of drug-likeness (QED) is 0.929. The maximum absolute atomic E-state index is 12.9. The summed E-state index contributed by atoms with van der Waals surface area (Å²) in [6.07, 6.45) is 0. The normalized spacial score (nSPS) is 25.3. The van der Waals surface area contributed by atoms with Crippen molar-refractivity contribution in [3.05, 3.63) is 34.9 Å². The zero-order valence-corrected chi connectivity index (χ0v) is 13.6. The van der Waals surface area contributed by atoms with E-state index in [1.807, 2.05) is 49.9 Å². The Labute approximate surface area is 131 Å². The third kappa shape index (κ3) is 3.39. The zero-order chi connectivity index (χ0) is 15.6. The van der Waals surface area contributed by atoms with Crippen molar-refractivity contribution in [2.45, 2.75) is 39.4 Å². The molecule has 1 aromatic carbocycles. The van der Waals surface area contributed by atoms with Gasteiger partial charge in [0.2, 0.25) is 5.91 Å². The van der Waals surface area contributed by atoms with Gasteiger partial charge in [0.25, 0.3) is 0 Å². The van der Waals surface area contributed by atoms with Gasteiger partial charge >= 0.3 is 0 Å². The first-order valence-corrected chi connectivity index (χ1v) is 7.61. The van der Waals surface area contributed by atoms with Gasteiger partial charge in [-0.05, 0) is 38.5 Å². The lowest BCUT2D eigenvalue weighted by atomic mass is 9.83. The van der Waals surface area contributed by atoms with Crippen LogP contribution in [-0.4, -0.2) is 36.1 Å². The van der Waals surface area contributed by atoms with Crippen molar-refractivity contribution < 1.29 is 9.53 Å². The minimum atomic E-state index is -0.650. The molecule has 21 heavy (non-hydrogen) atoms. The number of amides is 1. The fraction of sp³-hybridized carbons (Fsp3) is 0.562. The van der Waals surface area contributed by atoms with E-state index in [1.54, 1.807) is 0 Å². The van der Waals surface area contributed by atoms with E-state index < -0.39 is 5.41 Å². The Bertz CT molecular complexity index is 521. The average Bonchev–Trinajstić information content (AvgIpc) is 2.76. The molecule has 1 aliphatic heterocycles. The van der Waals surface area contributed by atoms with Crippen molar-refractivity contribution in [1.82, 2.24) is 4.90 Å². The number of nitrogens with zero attached hydrogens (tertiary/aromatic N) is 1. The van der Waals surface area contributed by atoms with Gasteiger partial charge in [0.1, 0.15) is 0 Å². The molecule has 0 bridgehead atoms. The van der Waals surface area contributed by atoms with Gasteiger partial charge in [0.15, 0.2) is 0 Å². The molecule has 1 amide bonds. The Balaban J connectivity index is 2.21. The first-order chi connectivity index (χ1) is 9.84. The van der Waals surface area contributed by atoms with Crippen LogP contribution in [0.3, 0.4) is 0 Å². The largest absolute Gasteiger partial charge is 0.379 e. The van der Waals surface area contributed by atoms with Crippen LogP contribution < -0.4 is 5.73 Å². The second kappa shape index (κ2) is 6.34. The fourth-order valence-electron chi connectivity index (χ4n) is 2.56. The van der Waals surface area contributed by atoms with Gasteiger partial charge < -0.3 is 15.4 Å². The van der Waals surface area contributed by atoms with Crippen LogP contribution in [0.1, 0.15) is 26.3 Å². The molecule has 1 fully saturated rings. The van der Waals surface area contributed by atoms with Gasteiger partial charge in [-0.2, -0.15) is 0 Å². The summed E-state index contributed by atoms with van der Waals surface area (Å²) < 4.78 is 5.40. The van der Waals surface area contributed by atoms with E-state index in [2.05, 4.69) is 0 Å². The number of carbonyl (C=O) groups is 1. The summed E-state index contributed by atoms with van der Waals surface area (Å²) in [6.45, 7) is 7.25. The first kappa shape index (κ1) is 16.3. The molecule has 4 nitrogen and oxygen atoms in total. The van der Waals surface area contributed by atoms with Crippen molar-refractivity contribution in [3.63, 3.8) is 0 Å². The van der Waals surface area contributed by atoms with Crippen LogP contribution in [0.4, 0.5) is 0 Å². The van der Waals surface area contributed by atoms with E-state index >= 15 is 0 Å². The Morgan fingerprint density at radius 2 is 2.29 bits per heavy atom. The molecule has 2 rings (SSSR count). The lowest BCUT2D eigenvalue weighted by Crippen LogP contribution is -2.53. The molecule has 1 aromatic rings. The van der Waals surface area contributed by atoms with Crippen molar-refractivity contribution in [3.8, 4) is 0 Å². The molecule has 2 N–H and O–H groups in total. The third-order valence-electron chi connectivity index (χ3n) is 4.13. The van der Waals surface area contributed by atoms with Gasteiger partial charge in [-0.25, -0.2) is 0 Å². The smallest absolute Gasteiger partial charge is 0.233 e. The maximum atomic E-state index is 12.9. The maximum Gasteiger partial charge on any atom is 0.233 e. The molecule has 2 unspecified atom stereocenters. The Morgan fingerprint density at radius 3 is 2.81 bits per heavy atom. The highest BCUT2D eigenvalue weighted by Gasteiger charge is 2.46. The molecular formula is C16H23ClN2O2. The number of nitrogens with two attached hydrogens (primary N) is 1. The molecule has 1 heterocycles. The Kier molecular flexibility index (Phi) is 4.91. The zero-order valence-electron chi connectivity index (χ0n) is 12.8. The molecule has 0 aliphatic carbocycles. The molecule has 5 heteroatoms. The number of hydrogen-bond donors (Lipinski definition) is 1. The summed E-state index contributed by atoms with van der Waals surface area (Å²) in [7, 11) is 0. The van der Waals surface area contributed by atoms with E-state index in [1.165, 1.54) is 0 Å². The summed E-state index contributed by atoms with van der Waals surface area (Å²) in [5.74, 6) is 0.0440. The predicted octanol–water partition coefficient (Wildman–Crippen LogP) is 2.44. The highest BCUT2D eigenvalue weighted by Crippen LogP contribution is 2.31. The fourth-order valence-corrected chi connectivity index (χ4v) is 2.77. The summed E-state index contributed by atoms with van der Waals surface area (Å²) in [6, 6.07) is 7.41. The molecule has 1 saturated heterocycles. The number of carbonyl (C=O) groups excluding carboxylic acids is 1. The molecule has 1 aliphatic rings. The number of benzene rings is 1. The summed E-state index contributed by atoms with van der Waals surface area (Å²) >= 11 is 6.02. The van der Waals surface area contributed by atoms with E-state index in [9.17, 15) is 4.79 Å². The highest BCUT2D eigenvalue weighted by atomic mass is 35.5. The minimum Gasteiger partial charge on any atom is -0.379 e. The van der Waals surface area contributed by atoms with Gasteiger partial charge in [0.05, 0.1) is 18.6 Å². The lowest BCUT2D eigenvalue weighted by molar-refractivity contribution is -0.144. The topological polar surface area (TPSA) is 55.6 Å². The van der Waals surface area contributed by atoms with Gasteiger partial charge in [-0.15, -0.1) is 0 Å². The number of ether oxygens (including phenoxy) is 1. The molecular weight excluding hydrogens is 288 g/mol. The van der Waals surface area contributed by atoms with Gasteiger partial charge in [-0.3, -0.25) is 4.79 Å². The molecule has 0 radical (unpaired) electrons. The second-order valence-corrected chi connectivity index (χ2v) is 6.63. The number of rotatable bonds is 4. The Morgan fingerprint density at radius 1 is 1.57 bits per heavy atom. The van der Waals surface area contributed by atoms with Crippen LogP contribution in [0.2, 0.25) is 5.02 Å². The van der Waals surface area contributed by atoms with Crippen LogP contribution >= 0.6 is 11.6 Å². The third-order valence-corrected chi connectivity index (χ3v) is 4.37. The first-order valence-electron chi connectivity index (χ1n) is 7.23. The second-order valence-electron chi connectivity index (χ2n) is 6.20. The summed E-state index contributed by atoms with van der Waals surface area (Å²) in [4.78, 5) is 14.8. The molecule has 0 aromatic heterocycles. The van der Waals surface area contributed by atoms with Crippen LogP contribution in [0.5, 0.6) is 0 Å². The van der Waals surface area contributed by atoms with E-state index in [0.717, 1.165) is 5.56 Å². The average molecular weight is 311 g/mol. The highest BCUT2D eigenvalue weighted by molar-refractivity contribution is 6.30. The SMILES string of the molecule is CC(C)N(Cc1cccc(Cl)c1)C(=O)C1(C)COCC1N. The molecule has 0 saturated carbocycles. The van der Waals surface area contributed by atoms with Crippen LogP contribution in [-0.2, 0) is 16.1 Å². The predicted molar refractivity (Wildman–Crippen MR) is 84.0 cm³/mol. The van der Waals surface area contributed by atoms with E-state index in [4.69, 9.17) is 22.1 Å². The number of hydrogen-bond acceptors (Lipinski definition) is 3. The van der Waals surface area contributed by atoms with E-state index in [0.29, 0.717) is 24.8 Å². The standard InChI is InChI=1S/C16H23ClN2O2/c1-11(2)19(8-12-5-4-6-13(17)7-12)15(20)16(3)10-21-9-14(16)18/h4-7,11,14H,8-10,18H2,1-3H3. The molecule has 2 atom stereocenters. The minimum absolute atomic E-state index is 0.0440. The lowest BCUT2D eigenvalue weighted by Gasteiger charge is -2.35. The van der Waals surface area contributed by atoms with Crippen LogP contribution in [0, 0.1) is 5.41 Å². The van der Waals surface area contributed by atoms with Gasteiger partial charge in [0, 0.05) is 23.7 Å². The van der Waals surface area contributed by atoms with Crippen LogP contribution in [0.15, 0.2) is 24.3 Å². The van der Waals surface area contributed by atoms with Crippen molar-refractivity contribution in [2.24, 2.45) is 11.1 Å². The van der Waals surface area contributed by atoms with Crippen molar-refractivity contribution >= 4 is 17.5 Å². The van der Waals surface area contributed by atoms with Crippen molar-refractivity contribution in [1.29, 1.82) is 0 Å².